The Labute approximate surface area is 107 Å². The van der Waals surface area contributed by atoms with Crippen molar-refractivity contribution >= 4 is 0 Å². The van der Waals surface area contributed by atoms with Gasteiger partial charge in [0.1, 0.15) is 0 Å². The molecule has 1 heterocycles. The van der Waals surface area contributed by atoms with Crippen LogP contribution >= 0.6 is 0 Å². The summed E-state index contributed by atoms with van der Waals surface area (Å²) in [5.74, 6) is 0.943. The minimum absolute atomic E-state index is 0.561. The summed E-state index contributed by atoms with van der Waals surface area (Å²) in [6.07, 6.45) is 12.9. The molecule has 0 aromatic carbocycles. The van der Waals surface area contributed by atoms with Gasteiger partial charge in [-0.15, -0.1) is 0 Å². The predicted octanol–water partition coefficient (Wildman–Crippen LogP) is 3.50. The maximum absolute atomic E-state index is 5.84. The topological polar surface area (TPSA) is 21.3 Å². The van der Waals surface area contributed by atoms with Gasteiger partial charge < -0.3 is 10.1 Å². The first-order valence-electron chi connectivity index (χ1n) is 7.75. The van der Waals surface area contributed by atoms with Crippen LogP contribution in [0.3, 0.4) is 0 Å². The molecule has 2 aliphatic rings. The third kappa shape index (κ3) is 4.26. The Balaban J connectivity index is 1.72. The van der Waals surface area contributed by atoms with Crippen molar-refractivity contribution in [1.82, 2.24) is 5.32 Å². The van der Waals surface area contributed by atoms with E-state index in [1.165, 1.54) is 57.8 Å². The second-order valence-electron chi connectivity index (χ2n) is 5.77. The van der Waals surface area contributed by atoms with Gasteiger partial charge in [0.25, 0.3) is 0 Å². The zero-order valence-corrected chi connectivity index (χ0v) is 11.4. The first-order chi connectivity index (χ1) is 8.40. The highest BCUT2D eigenvalue weighted by Gasteiger charge is 2.25. The van der Waals surface area contributed by atoms with E-state index in [2.05, 4.69) is 12.2 Å². The standard InChI is InChI=1S/C15H29NO/c1-2-16-15(13-7-3-4-8-13)11-10-14-9-5-6-12-17-14/h13-16H,2-12H2,1H3. The van der Waals surface area contributed by atoms with Crippen LogP contribution in [0.5, 0.6) is 0 Å². The van der Waals surface area contributed by atoms with Gasteiger partial charge in [-0.3, -0.25) is 0 Å². The fourth-order valence-corrected chi connectivity index (χ4v) is 3.53. The van der Waals surface area contributed by atoms with Gasteiger partial charge in [-0.2, -0.15) is 0 Å². The summed E-state index contributed by atoms with van der Waals surface area (Å²) in [6, 6.07) is 0.757. The van der Waals surface area contributed by atoms with Crippen molar-refractivity contribution in [2.75, 3.05) is 13.2 Å². The summed E-state index contributed by atoms with van der Waals surface area (Å²) in [6.45, 7) is 4.35. The fourth-order valence-electron chi connectivity index (χ4n) is 3.53. The Morgan fingerprint density at radius 2 is 1.88 bits per heavy atom. The average molecular weight is 239 g/mol. The van der Waals surface area contributed by atoms with Crippen molar-refractivity contribution in [3.63, 3.8) is 0 Å². The number of hydrogen-bond acceptors (Lipinski definition) is 2. The lowest BCUT2D eigenvalue weighted by Gasteiger charge is -2.28. The van der Waals surface area contributed by atoms with Gasteiger partial charge in [0.2, 0.25) is 0 Å². The van der Waals surface area contributed by atoms with E-state index in [1.807, 2.05) is 0 Å². The Morgan fingerprint density at radius 1 is 1.12 bits per heavy atom. The third-order valence-electron chi connectivity index (χ3n) is 4.51. The molecule has 0 radical (unpaired) electrons. The molecule has 100 valence electrons. The van der Waals surface area contributed by atoms with E-state index in [-0.39, 0.29) is 0 Å². The molecular weight excluding hydrogens is 210 g/mol. The zero-order chi connectivity index (χ0) is 11.9. The minimum Gasteiger partial charge on any atom is -0.378 e. The largest absolute Gasteiger partial charge is 0.378 e. The number of hydrogen-bond donors (Lipinski definition) is 1. The van der Waals surface area contributed by atoms with Crippen molar-refractivity contribution in [2.24, 2.45) is 5.92 Å². The minimum atomic E-state index is 0.561. The van der Waals surface area contributed by atoms with Gasteiger partial charge in [-0.1, -0.05) is 19.8 Å². The lowest BCUT2D eigenvalue weighted by atomic mass is 9.91. The fraction of sp³-hybridized carbons (Fsp3) is 1.00. The Kier molecular flexibility index (Phi) is 5.79. The van der Waals surface area contributed by atoms with Gasteiger partial charge in [0.05, 0.1) is 6.10 Å². The van der Waals surface area contributed by atoms with E-state index in [9.17, 15) is 0 Å². The van der Waals surface area contributed by atoms with Crippen molar-refractivity contribution in [3.8, 4) is 0 Å². The maximum Gasteiger partial charge on any atom is 0.0575 e. The molecule has 2 atom stereocenters. The van der Waals surface area contributed by atoms with Crippen molar-refractivity contribution < 1.29 is 4.74 Å². The van der Waals surface area contributed by atoms with Gasteiger partial charge in [0.15, 0.2) is 0 Å². The molecule has 0 aromatic rings. The molecular formula is C15H29NO. The first kappa shape index (κ1) is 13.4. The highest BCUT2D eigenvalue weighted by molar-refractivity contribution is 4.81. The van der Waals surface area contributed by atoms with Crippen LogP contribution in [-0.2, 0) is 4.74 Å². The predicted molar refractivity (Wildman–Crippen MR) is 72.2 cm³/mol. The van der Waals surface area contributed by atoms with Gasteiger partial charge in [-0.25, -0.2) is 0 Å². The van der Waals surface area contributed by atoms with E-state index in [1.54, 1.807) is 0 Å². The normalized spacial score (nSPS) is 28.4. The Bertz CT molecular complexity index is 195. The zero-order valence-electron chi connectivity index (χ0n) is 11.4. The van der Waals surface area contributed by atoms with Crippen LogP contribution in [-0.4, -0.2) is 25.3 Å². The van der Waals surface area contributed by atoms with E-state index in [0.29, 0.717) is 6.10 Å². The highest BCUT2D eigenvalue weighted by atomic mass is 16.5. The summed E-state index contributed by atoms with van der Waals surface area (Å²) in [5, 5.41) is 3.71. The molecule has 0 amide bonds. The van der Waals surface area contributed by atoms with Crippen LogP contribution in [0, 0.1) is 5.92 Å². The van der Waals surface area contributed by atoms with Gasteiger partial charge >= 0.3 is 0 Å². The number of rotatable bonds is 6. The molecule has 1 aliphatic carbocycles. The lowest BCUT2D eigenvalue weighted by molar-refractivity contribution is 0.00755. The molecule has 17 heavy (non-hydrogen) atoms. The summed E-state index contributed by atoms with van der Waals surface area (Å²) < 4.78 is 5.84. The summed E-state index contributed by atoms with van der Waals surface area (Å²) in [7, 11) is 0. The molecule has 2 fully saturated rings. The van der Waals surface area contributed by atoms with E-state index in [4.69, 9.17) is 4.74 Å². The average Bonchev–Trinajstić information content (AvgIpc) is 2.89. The second-order valence-corrected chi connectivity index (χ2v) is 5.77. The van der Waals surface area contributed by atoms with E-state index < -0.39 is 0 Å². The summed E-state index contributed by atoms with van der Waals surface area (Å²) >= 11 is 0. The van der Waals surface area contributed by atoms with Crippen molar-refractivity contribution in [3.05, 3.63) is 0 Å². The smallest absolute Gasteiger partial charge is 0.0575 e. The molecule has 2 heteroatoms. The summed E-state index contributed by atoms with van der Waals surface area (Å²) in [4.78, 5) is 0. The van der Waals surface area contributed by atoms with E-state index in [0.717, 1.165) is 25.1 Å². The molecule has 1 saturated carbocycles. The Morgan fingerprint density at radius 3 is 2.53 bits per heavy atom. The van der Waals surface area contributed by atoms with Crippen LogP contribution < -0.4 is 5.32 Å². The number of nitrogens with one attached hydrogen (secondary N) is 1. The van der Waals surface area contributed by atoms with Crippen molar-refractivity contribution in [1.29, 1.82) is 0 Å². The highest BCUT2D eigenvalue weighted by Crippen LogP contribution is 2.30. The molecule has 1 aliphatic heterocycles. The molecule has 1 N–H and O–H groups in total. The molecule has 0 spiro atoms. The molecule has 0 aromatic heterocycles. The molecule has 2 nitrogen and oxygen atoms in total. The molecule has 2 rings (SSSR count). The lowest BCUT2D eigenvalue weighted by Crippen LogP contribution is -2.36. The number of ether oxygens (including phenoxy) is 1. The van der Waals surface area contributed by atoms with Crippen LogP contribution in [0.4, 0.5) is 0 Å². The maximum atomic E-state index is 5.84. The van der Waals surface area contributed by atoms with Gasteiger partial charge in [0, 0.05) is 12.6 Å². The van der Waals surface area contributed by atoms with Crippen LogP contribution in [0.25, 0.3) is 0 Å². The van der Waals surface area contributed by atoms with Gasteiger partial charge in [-0.05, 0) is 57.4 Å². The quantitative estimate of drug-likeness (QED) is 0.766. The molecule has 0 bridgehead atoms. The SMILES string of the molecule is CCNC(CCC1CCCCO1)C1CCCC1. The second kappa shape index (κ2) is 7.38. The monoisotopic (exact) mass is 239 g/mol. The van der Waals surface area contributed by atoms with Crippen LogP contribution in [0.2, 0.25) is 0 Å². The third-order valence-corrected chi connectivity index (χ3v) is 4.51. The molecule has 2 unspecified atom stereocenters. The van der Waals surface area contributed by atoms with Crippen LogP contribution in [0.1, 0.15) is 64.7 Å². The van der Waals surface area contributed by atoms with E-state index >= 15 is 0 Å². The van der Waals surface area contributed by atoms with Crippen molar-refractivity contribution in [2.45, 2.75) is 76.9 Å². The first-order valence-corrected chi connectivity index (χ1v) is 7.75. The molecule has 1 saturated heterocycles. The Hall–Kier alpha value is -0.0800. The summed E-state index contributed by atoms with van der Waals surface area (Å²) in [5.41, 5.74) is 0. The van der Waals surface area contributed by atoms with Crippen LogP contribution in [0.15, 0.2) is 0 Å².